The maximum absolute atomic E-state index is 12.6. The van der Waals surface area contributed by atoms with Crippen molar-refractivity contribution in [3.63, 3.8) is 0 Å². The van der Waals surface area contributed by atoms with Crippen LogP contribution in [0.2, 0.25) is 0 Å². The molecule has 0 unspecified atom stereocenters. The van der Waals surface area contributed by atoms with Gasteiger partial charge in [0.25, 0.3) is 5.91 Å². The second-order valence-corrected chi connectivity index (χ2v) is 6.52. The number of carbonyl (C=O) groups excluding carboxylic acids is 1. The van der Waals surface area contributed by atoms with Gasteiger partial charge in [0.2, 0.25) is 0 Å². The second-order valence-electron chi connectivity index (χ2n) is 6.52. The molecule has 0 aliphatic rings. The molecular weight excluding hydrogens is 314 g/mol. The summed E-state index contributed by atoms with van der Waals surface area (Å²) < 4.78 is 11.6. The molecule has 4 heteroatoms. The van der Waals surface area contributed by atoms with Crippen LogP contribution in [0, 0.1) is 13.8 Å². The van der Waals surface area contributed by atoms with E-state index >= 15 is 0 Å². The van der Waals surface area contributed by atoms with Gasteiger partial charge in [0.05, 0.1) is 6.10 Å². The minimum absolute atomic E-state index is 0.0854. The van der Waals surface area contributed by atoms with Crippen molar-refractivity contribution in [2.45, 2.75) is 53.2 Å². The summed E-state index contributed by atoms with van der Waals surface area (Å²) in [6, 6.07) is 13.4. The van der Waals surface area contributed by atoms with E-state index in [0.29, 0.717) is 12.1 Å². The third-order valence-corrected chi connectivity index (χ3v) is 3.61. The molecule has 0 saturated carbocycles. The van der Waals surface area contributed by atoms with Crippen LogP contribution in [0.5, 0.6) is 11.5 Å². The molecule has 1 amide bonds. The smallest absolute Gasteiger partial charge is 0.265 e. The Morgan fingerprint density at radius 1 is 1.00 bits per heavy atom. The first-order chi connectivity index (χ1) is 11.9. The van der Waals surface area contributed by atoms with E-state index in [2.05, 4.69) is 11.4 Å². The van der Waals surface area contributed by atoms with Crippen LogP contribution in [-0.2, 0) is 4.79 Å². The van der Waals surface area contributed by atoms with E-state index in [9.17, 15) is 4.79 Å². The predicted octanol–water partition coefficient (Wildman–Crippen LogP) is 4.89. The van der Waals surface area contributed by atoms with Crippen molar-refractivity contribution in [2.75, 3.05) is 5.32 Å². The molecule has 1 atom stereocenters. The maximum atomic E-state index is 12.6. The van der Waals surface area contributed by atoms with Crippen molar-refractivity contribution >= 4 is 11.6 Å². The van der Waals surface area contributed by atoms with E-state index in [1.807, 2.05) is 71.0 Å². The minimum Gasteiger partial charge on any atom is -0.491 e. The van der Waals surface area contributed by atoms with Gasteiger partial charge < -0.3 is 14.8 Å². The Morgan fingerprint density at radius 2 is 1.68 bits per heavy atom. The summed E-state index contributed by atoms with van der Waals surface area (Å²) in [6.45, 7) is 9.90. The molecule has 1 N–H and O–H groups in total. The van der Waals surface area contributed by atoms with Crippen LogP contribution in [0.25, 0.3) is 0 Å². The number of aryl methyl sites for hydroxylation is 2. The van der Waals surface area contributed by atoms with Crippen molar-refractivity contribution in [2.24, 2.45) is 0 Å². The molecule has 0 heterocycles. The number of amides is 1. The molecule has 2 rings (SSSR count). The lowest BCUT2D eigenvalue weighted by atomic mass is 10.1. The summed E-state index contributed by atoms with van der Waals surface area (Å²) in [5.41, 5.74) is 2.93. The number of benzene rings is 2. The fourth-order valence-corrected chi connectivity index (χ4v) is 2.63. The van der Waals surface area contributed by atoms with E-state index in [1.165, 1.54) is 0 Å². The Balaban J connectivity index is 2.07. The highest BCUT2D eigenvalue weighted by Gasteiger charge is 2.19. The van der Waals surface area contributed by atoms with Gasteiger partial charge in [-0.25, -0.2) is 0 Å². The lowest BCUT2D eigenvalue weighted by Gasteiger charge is -2.18. The van der Waals surface area contributed by atoms with Crippen LogP contribution >= 0.6 is 0 Å². The van der Waals surface area contributed by atoms with E-state index in [-0.39, 0.29) is 12.0 Å². The van der Waals surface area contributed by atoms with Crippen LogP contribution < -0.4 is 14.8 Å². The normalized spacial score (nSPS) is 11.9. The van der Waals surface area contributed by atoms with Gasteiger partial charge in [0.15, 0.2) is 6.10 Å². The molecule has 2 aromatic carbocycles. The van der Waals surface area contributed by atoms with Gasteiger partial charge >= 0.3 is 0 Å². The molecule has 0 aliphatic carbocycles. The van der Waals surface area contributed by atoms with Gasteiger partial charge in [-0.15, -0.1) is 0 Å². The van der Waals surface area contributed by atoms with Crippen LogP contribution in [0.1, 0.15) is 38.3 Å². The number of hydrogen-bond donors (Lipinski definition) is 1. The first-order valence-corrected chi connectivity index (χ1v) is 8.70. The Hall–Kier alpha value is -2.49. The minimum atomic E-state index is -0.545. The van der Waals surface area contributed by atoms with Gasteiger partial charge in [-0.05, 0) is 69.5 Å². The van der Waals surface area contributed by atoms with Crippen molar-refractivity contribution in [3.05, 3.63) is 53.6 Å². The quantitative estimate of drug-likeness (QED) is 0.780. The third-order valence-electron chi connectivity index (χ3n) is 3.61. The number of rotatable bonds is 7. The van der Waals surface area contributed by atoms with Crippen molar-refractivity contribution in [3.8, 4) is 11.5 Å². The summed E-state index contributed by atoms with van der Waals surface area (Å²) >= 11 is 0. The highest BCUT2D eigenvalue weighted by atomic mass is 16.5. The zero-order valence-electron chi connectivity index (χ0n) is 15.6. The average molecular weight is 341 g/mol. The molecule has 0 spiro atoms. The van der Waals surface area contributed by atoms with Crippen molar-refractivity contribution in [1.29, 1.82) is 0 Å². The summed E-state index contributed by atoms with van der Waals surface area (Å²) in [5, 5.41) is 2.91. The highest BCUT2D eigenvalue weighted by Crippen LogP contribution is 2.21. The third kappa shape index (κ3) is 5.82. The highest BCUT2D eigenvalue weighted by molar-refractivity contribution is 5.94. The Bertz CT molecular complexity index is 705. The molecule has 0 bridgehead atoms. The fourth-order valence-electron chi connectivity index (χ4n) is 2.63. The van der Waals surface area contributed by atoms with Crippen LogP contribution in [0.3, 0.4) is 0 Å². The molecular formula is C21H27NO3. The average Bonchev–Trinajstić information content (AvgIpc) is 2.51. The van der Waals surface area contributed by atoms with E-state index in [0.717, 1.165) is 22.6 Å². The molecule has 134 valence electrons. The fraction of sp³-hybridized carbons (Fsp3) is 0.381. The van der Waals surface area contributed by atoms with Crippen molar-refractivity contribution < 1.29 is 14.3 Å². The number of nitrogens with one attached hydrogen (secondary N) is 1. The van der Waals surface area contributed by atoms with E-state index in [1.54, 1.807) is 0 Å². The maximum Gasteiger partial charge on any atom is 0.265 e. The van der Waals surface area contributed by atoms with Gasteiger partial charge in [0, 0.05) is 11.8 Å². The van der Waals surface area contributed by atoms with Gasteiger partial charge in [-0.3, -0.25) is 4.79 Å². The first-order valence-electron chi connectivity index (χ1n) is 8.70. The van der Waals surface area contributed by atoms with Crippen LogP contribution in [0.15, 0.2) is 42.5 Å². The van der Waals surface area contributed by atoms with E-state index < -0.39 is 6.10 Å². The molecule has 0 aliphatic heterocycles. The number of anilines is 1. The van der Waals surface area contributed by atoms with Crippen molar-refractivity contribution in [1.82, 2.24) is 0 Å². The van der Waals surface area contributed by atoms with Crippen LogP contribution in [0.4, 0.5) is 5.69 Å². The topological polar surface area (TPSA) is 47.6 Å². The molecule has 25 heavy (non-hydrogen) atoms. The zero-order chi connectivity index (χ0) is 18.4. The second kappa shape index (κ2) is 8.56. The van der Waals surface area contributed by atoms with E-state index in [4.69, 9.17) is 9.47 Å². The Kier molecular flexibility index (Phi) is 6.45. The predicted molar refractivity (Wildman–Crippen MR) is 101 cm³/mol. The summed E-state index contributed by atoms with van der Waals surface area (Å²) in [6.07, 6.45) is 0.124. The summed E-state index contributed by atoms with van der Waals surface area (Å²) in [4.78, 5) is 12.6. The summed E-state index contributed by atoms with van der Waals surface area (Å²) in [5.74, 6) is 1.29. The van der Waals surface area contributed by atoms with Gasteiger partial charge in [-0.1, -0.05) is 19.1 Å². The molecule has 0 radical (unpaired) electrons. The van der Waals surface area contributed by atoms with Gasteiger partial charge in [0.1, 0.15) is 11.5 Å². The monoisotopic (exact) mass is 341 g/mol. The molecule has 4 nitrogen and oxygen atoms in total. The molecule has 2 aromatic rings. The molecule has 0 saturated heterocycles. The van der Waals surface area contributed by atoms with Gasteiger partial charge in [-0.2, -0.15) is 0 Å². The lowest BCUT2D eigenvalue weighted by molar-refractivity contribution is -0.122. The number of hydrogen-bond acceptors (Lipinski definition) is 3. The van der Waals surface area contributed by atoms with Crippen LogP contribution in [-0.4, -0.2) is 18.1 Å². The first kappa shape index (κ1) is 18.8. The number of carbonyl (C=O) groups is 1. The molecule has 0 aromatic heterocycles. The standard InChI is InChI=1S/C21H27NO3/c1-6-20(25-19-11-15(4)10-16(5)12-19)21(23)22-17-8-7-9-18(13-17)24-14(2)3/h7-14,20H,6H2,1-5H3,(H,22,23)/t20-/m1/s1. The molecule has 0 fully saturated rings. The Morgan fingerprint density at radius 3 is 2.28 bits per heavy atom. The largest absolute Gasteiger partial charge is 0.491 e. The number of ether oxygens (including phenoxy) is 2. The Labute approximate surface area is 150 Å². The SMILES string of the molecule is CC[C@@H](Oc1cc(C)cc(C)c1)C(=O)Nc1cccc(OC(C)C)c1. The zero-order valence-corrected chi connectivity index (χ0v) is 15.6. The lowest BCUT2D eigenvalue weighted by Crippen LogP contribution is -2.32. The summed E-state index contributed by atoms with van der Waals surface area (Å²) in [7, 11) is 0.